The summed E-state index contributed by atoms with van der Waals surface area (Å²) in [5, 5.41) is 7.28. The zero-order valence-corrected chi connectivity index (χ0v) is 15.1. The highest BCUT2D eigenvalue weighted by atomic mass is 16.5. The minimum atomic E-state index is -0.201. The smallest absolute Gasteiger partial charge is 0.246 e. The van der Waals surface area contributed by atoms with Gasteiger partial charge in [-0.2, -0.15) is 5.10 Å². The summed E-state index contributed by atoms with van der Waals surface area (Å²) in [7, 11) is 3.64. The fourth-order valence-corrected chi connectivity index (χ4v) is 3.94. The highest BCUT2D eigenvalue weighted by Crippen LogP contribution is 2.30. The molecule has 2 heterocycles. The number of aryl methyl sites for hydroxylation is 1. The molecule has 138 valence electrons. The van der Waals surface area contributed by atoms with Crippen LogP contribution in [-0.4, -0.2) is 52.3 Å². The summed E-state index contributed by atoms with van der Waals surface area (Å²) in [4.78, 5) is 26.2. The van der Waals surface area contributed by atoms with E-state index in [2.05, 4.69) is 10.4 Å². The molecule has 1 aliphatic carbocycles. The molecule has 2 atom stereocenters. The average Bonchev–Trinajstić information content (AvgIpc) is 3.03. The molecule has 1 aliphatic heterocycles. The molecule has 25 heavy (non-hydrogen) atoms. The Labute approximate surface area is 148 Å². The van der Waals surface area contributed by atoms with Crippen molar-refractivity contribution in [3.05, 3.63) is 18.0 Å². The van der Waals surface area contributed by atoms with E-state index in [0.29, 0.717) is 12.8 Å². The van der Waals surface area contributed by atoms with Crippen molar-refractivity contribution in [3.63, 3.8) is 0 Å². The van der Waals surface area contributed by atoms with Crippen LogP contribution in [0, 0.1) is 0 Å². The molecule has 1 saturated carbocycles. The summed E-state index contributed by atoms with van der Waals surface area (Å²) in [5.41, 5.74) is 0.925. The number of nitrogens with one attached hydrogen (secondary N) is 1. The van der Waals surface area contributed by atoms with Crippen LogP contribution in [0.2, 0.25) is 0 Å². The van der Waals surface area contributed by atoms with Crippen LogP contribution in [0.4, 0.5) is 0 Å². The van der Waals surface area contributed by atoms with Gasteiger partial charge < -0.3 is 15.0 Å². The number of likely N-dealkylation sites (tertiary alicyclic amines) is 1. The van der Waals surface area contributed by atoms with E-state index < -0.39 is 0 Å². The number of rotatable bonds is 5. The lowest BCUT2D eigenvalue weighted by Crippen LogP contribution is -2.52. The summed E-state index contributed by atoms with van der Waals surface area (Å²) in [6.07, 6.45) is 8.73. The van der Waals surface area contributed by atoms with Gasteiger partial charge >= 0.3 is 0 Å². The maximum Gasteiger partial charge on any atom is 0.246 e. The van der Waals surface area contributed by atoms with E-state index in [9.17, 15) is 9.59 Å². The van der Waals surface area contributed by atoms with E-state index in [4.69, 9.17) is 4.74 Å². The molecule has 1 N–H and O–H groups in total. The van der Waals surface area contributed by atoms with Crippen LogP contribution in [0.1, 0.15) is 56.7 Å². The predicted molar refractivity (Wildman–Crippen MR) is 92.7 cm³/mol. The van der Waals surface area contributed by atoms with Crippen molar-refractivity contribution in [3.8, 4) is 0 Å². The van der Waals surface area contributed by atoms with Gasteiger partial charge in [-0.05, 0) is 25.3 Å². The van der Waals surface area contributed by atoms with E-state index in [-0.39, 0.29) is 36.6 Å². The monoisotopic (exact) mass is 348 g/mol. The fourth-order valence-electron chi connectivity index (χ4n) is 3.94. The summed E-state index contributed by atoms with van der Waals surface area (Å²) in [6.45, 7) is 0.0942. The summed E-state index contributed by atoms with van der Waals surface area (Å²) in [6, 6.07) is 1.57. The predicted octanol–water partition coefficient (Wildman–Crippen LogP) is 1.55. The Morgan fingerprint density at radius 3 is 2.72 bits per heavy atom. The highest BCUT2D eigenvalue weighted by molar-refractivity contribution is 5.80. The Morgan fingerprint density at radius 1 is 1.28 bits per heavy atom. The third-order valence-corrected chi connectivity index (χ3v) is 5.37. The number of amides is 2. The number of carbonyl (C=O) groups is 2. The highest BCUT2D eigenvalue weighted by Gasteiger charge is 2.37. The van der Waals surface area contributed by atoms with E-state index in [1.165, 1.54) is 19.3 Å². The van der Waals surface area contributed by atoms with Crippen molar-refractivity contribution in [1.29, 1.82) is 0 Å². The van der Waals surface area contributed by atoms with Gasteiger partial charge in [0.15, 0.2) is 0 Å². The first-order chi connectivity index (χ1) is 12.1. The lowest BCUT2D eigenvalue weighted by molar-refractivity contribution is -0.139. The number of hydrogen-bond donors (Lipinski definition) is 1. The molecule has 0 unspecified atom stereocenters. The number of carbonyl (C=O) groups excluding carboxylic acids is 2. The minimum Gasteiger partial charge on any atom is -0.368 e. The van der Waals surface area contributed by atoms with Crippen LogP contribution < -0.4 is 5.32 Å². The molecule has 1 aromatic rings. The second-order valence-electron chi connectivity index (χ2n) is 7.11. The maximum atomic E-state index is 12.4. The maximum absolute atomic E-state index is 12.4. The second-order valence-corrected chi connectivity index (χ2v) is 7.11. The molecule has 7 heteroatoms. The van der Waals surface area contributed by atoms with Crippen LogP contribution in [-0.2, 0) is 21.4 Å². The molecule has 0 bridgehead atoms. The lowest BCUT2D eigenvalue weighted by atomic mass is 9.93. The molecule has 2 fully saturated rings. The number of aromatic nitrogens is 2. The minimum absolute atomic E-state index is 0.0927. The van der Waals surface area contributed by atoms with Crippen molar-refractivity contribution in [2.45, 2.75) is 63.1 Å². The first-order valence-electron chi connectivity index (χ1n) is 9.21. The first-order valence-corrected chi connectivity index (χ1v) is 9.21. The molecular weight excluding hydrogens is 320 g/mol. The van der Waals surface area contributed by atoms with Gasteiger partial charge in [-0.25, -0.2) is 0 Å². The van der Waals surface area contributed by atoms with Crippen molar-refractivity contribution >= 4 is 11.8 Å². The van der Waals surface area contributed by atoms with Crippen molar-refractivity contribution < 1.29 is 14.3 Å². The lowest BCUT2D eigenvalue weighted by Gasteiger charge is -2.39. The Morgan fingerprint density at radius 2 is 2.04 bits per heavy atom. The molecular formula is C18H28N4O3. The fraction of sp³-hybridized carbons (Fsp3) is 0.722. The van der Waals surface area contributed by atoms with Crippen molar-refractivity contribution in [1.82, 2.24) is 20.0 Å². The van der Waals surface area contributed by atoms with Gasteiger partial charge in [0, 0.05) is 26.7 Å². The Bertz CT molecular complexity index is 609. The number of likely N-dealkylation sites (N-methyl/N-ethyl adjacent to an activating group) is 1. The average molecular weight is 348 g/mol. The molecule has 0 radical (unpaired) electrons. The third kappa shape index (κ3) is 4.21. The molecule has 0 spiro atoms. The molecule has 7 nitrogen and oxygen atoms in total. The van der Waals surface area contributed by atoms with Gasteiger partial charge in [-0.3, -0.25) is 14.3 Å². The summed E-state index contributed by atoms with van der Waals surface area (Å²) in [5.74, 6) is -0.0133. The van der Waals surface area contributed by atoms with Gasteiger partial charge in [-0.1, -0.05) is 19.3 Å². The zero-order valence-electron chi connectivity index (χ0n) is 15.1. The Kier molecular flexibility index (Phi) is 5.73. The normalized spacial score (nSPS) is 25.2. The van der Waals surface area contributed by atoms with Crippen LogP contribution in [0.5, 0.6) is 0 Å². The summed E-state index contributed by atoms with van der Waals surface area (Å²) >= 11 is 0. The largest absolute Gasteiger partial charge is 0.368 e. The van der Waals surface area contributed by atoms with Gasteiger partial charge in [0.1, 0.15) is 6.61 Å². The van der Waals surface area contributed by atoms with Gasteiger partial charge in [0.05, 0.1) is 23.9 Å². The van der Waals surface area contributed by atoms with Crippen LogP contribution in [0.25, 0.3) is 0 Å². The van der Waals surface area contributed by atoms with E-state index in [0.717, 1.165) is 18.5 Å². The Hall–Kier alpha value is -1.89. The van der Waals surface area contributed by atoms with Crippen LogP contribution >= 0.6 is 0 Å². The van der Waals surface area contributed by atoms with Crippen LogP contribution in [0.15, 0.2) is 12.3 Å². The topological polar surface area (TPSA) is 76.5 Å². The SMILES string of the molecule is CN1C(=O)CC[C@@H](NC(=O)COC2CCCCC2)[C@@H]1c1ccnn1C. The van der Waals surface area contributed by atoms with Crippen molar-refractivity contribution in [2.24, 2.45) is 7.05 Å². The molecule has 0 aromatic carbocycles. The Balaban J connectivity index is 1.61. The van der Waals surface area contributed by atoms with E-state index >= 15 is 0 Å². The standard InChI is InChI=1S/C18H28N4O3/c1-21-17(24)9-8-14(18(21)15-10-11-19-22(15)2)20-16(23)12-25-13-6-4-3-5-7-13/h10-11,13-14,18H,3-9,12H2,1-2H3,(H,20,23)/t14-,18-/m1/s1. The molecule has 2 aliphatic rings. The van der Waals surface area contributed by atoms with Crippen LogP contribution in [0.3, 0.4) is 0 Å². The number of piperidine rings is 1. The summed E-state index contributed by atoms with van der Waals surface area (Å²) < 4.78 is 7.54. The molecule has 1 aromatic heterocycles. The van der Waals surface area contributed by atoms with Gasteiger partial charge in [0.25, 0.3) is 0 Å². The number of nitrogens with zero attached hydrogens (tertiary/aromatic N) is 3. The van der Waals surface area contributed by atoms with Gasteiger partial charge in [-0.15, -0.1) is 0 Å². The third-order valence-electron chi connectivity index (χ3n) is 5.37. The first kappa shape index (κ1) is 17.9. The zero-order chi connectivity index (χ0) is 17.8. The molecule has 3 rings (SSSR count). The van der Waals surface area contributed by atoms with Crippen molar-refractivity contribution in [2.75, 3.05) is 13.7 Å². The van der Waals surface area contributed by atoms with E-state index in [1.54, 1.807) is 22.8 Å². The quantitative estimate of drug-likeness (QED) is 0.876. The van der Waals surface area contributed by atoms with Gasteiger partial charge in [0.2, 0.25) is 11.8 Å². The second kappa shape index (κ2) is 7.99. The number of ether oxygens (including phenoxy) is 1. The van der Waals surface area contributed by atoms with E-state index in [1.807, 2.05) is 13.1 Å². The number of hydrogen-bond acceptors (Lipinski definition) is 4. The molecule has 1 saturated heterocycles. The molecule has 2 amide bonds.